The summed E-state index contributed by atoms with van der Waals surface area (Å²) >= 11 is 3.40. The lowest BCUT2D eigenvalue weighted by molar-refractivity contribution is 0.0702. The zero-order valence-corrected chi connectivity index (χ0v) is 16.1. The lowest BCUT2D eigenvalue weighted by Crippen LogP contribution is -2.39. The average Bonchev–Trinajstić information content (AvgIpc) is 2.59. The number of halogens is 1. The predicted octanol–water partition coefficient (Wildman–Crippen LogP) is 2.44. The van der Waals surface area contributed by atoms with Gasteiger partial charge in [0.15, 0.2) is 5.96 Å². The summed E-state index contributed by atoms with van der Waals surface area (Å²) < 4.78 is 17.1. The number of ether oxygens (including phenoxy) is 3. The van der Waals surface area contributed by atoms with Crippen LogP contribution in [-0.2, 0) is 9.47 Å². The van der Waals surface area contributed by atoms with Crippen molar-refractivity contribution in [3.05, 3.63) is 28.7 Å². The van der Waals surface area contributed by atoms with Gasteiger partial charge in [0, 0.05) is 31.3 Å². The van der Waals surface area contributed by atoms with Crippen molar-refractivity contribution in [3.8, 4) is 5.75 Å². The molecule has 1 aromatic rings. The monoisotopic (exact) mass is 401 g/mol. The molecular weight excluding hydrogens is 374 g/mol. The van der Waals surface area contributed by atoms with Crippen LogP contribution in [0.1, 0.15) is 13.3 Å². The van der Waals surface area contributed by atoms with E-state index in [0.29, 0.717) is 33.0 Å². The molecule has 0 spiro atoms. The fraction of sp³-hybridized carbons (Fsp3) is 0.588. The van der Waals surface area contributed by atoms with Crippen molar-refractivity contribution < 1.29 is 14.2 Å². The van der Waals surface area contributed by atoms with Gasteiger partial charge in [-0.25, -0.2) is 0 Å². The Morgan fingerprint density at radius 2 is 1.88 bits per heavy atom. The minimum atomic E-state index is 0.576. The van der Waals surface area contributed by atoms with Crippen LogP contribution >= 0.6 is 15.9 Å². The van der Waals surface area contributed by atoms with Crippen molar-refractivity contribution in [1.82, 2.24) is 10.6 Å². The van der Waals surface area contributed by atoms with E-state index in [4.69, 9.17) is 14.2 Å². The van der Waals surface area contributed by atoms with Crippen LogP contribution in [0.3, 0.4) is 0 Å². The summed E-state index contributed by atoms with van der Waals surface area (Å²) in [5.41, 5.74) is 0. The third-order valence-corrected chi connectivity index (χ3v) is 3.50. The molecule has 0 atom stereocenters. The Hall–Kier alpha value is -1.31. The van der Waals surface area contributed by atoms with E-state index in [9.17, 15) is 0 Å². The number of hydrogen-bond donors (Lipinski definition) is 2. The second-order valence-electron chi connectivity index (χ2n) is 4.95. The van der Waals surface area contributed by atoms with Gasteiger partial charge in [0.2, 0.25) is 0 Å². The average molecular weight is 402 g/mol. The Bertz CT molecular complexity index is 455. The highest BCUT2D eigenvalue weighted by Crippen LogP contribution is 2.15. The molecule has 0 radical (unpaired) electrons. The molecule has 0 heterocycles. The summed E-state index contributed by atoms with van der Waals surface area (Å²) in [6.45, 7) is 6.80. The maximum absolute atomic E-state index is 5.67. The minimum Gasteiger partial charge on any atom is -0.492 e. The SMILES string of the molecule is CCNC(=NCCCOCCOC)NCCOc1ccc(Br)cc1. The van der Waals surface area contributed by atoms with Crippen molar-refractivity contribution in [2.75, 3.05) is 53.2 Å². The number of benzene rings is 1. The Labute approximate surface area is 153 Å². The number of aliphatic imine (C=N–C) groups is 1. The summed E-state index contributed by atoms with van der Waals surface area (Å²) in [4.78, 5) is 4.51. The zero-order valence-electron chi connectivity index (χ0n) is 14.5. The van der Waals surface area contributed by atoms with Gasteiger partial charge in [0.05, 0.1) is 19.8 Å². The summed E-state index contributed by atoms with van der Waals surface area (Å²) in [6.07, 6.45) is 0.885. The number of guanidine groups is 1. The molecule has 136 valence electrons. The maximum atomic E-state index is 5.67. The van der Waals surface area contributed by atoms with E-state index in [0.717, 1.165) is 35.7 Å². The molecule has 0 fully saturated rings. The van der Waals surface area contributed by atoms with Crippen molar-refractivity contribution in [2.24, 2.45) is 4.99 Å². The molecular formula is C17H28BrN3O3. The first-order chi connectivity index (χ1) is 11.8. The number of rotatable bonds is 12. The molecule has 0 aromatic heterocycles. The Balaban J connectivity index is 2.17. The van der Waals surface area contributed by atoms with Gasteiger partial charge >= 0.3 is 0 Å². The van der Waals surface area contributed by atoms with Crippen LogP contribution in [0.2, 0.25) is 0 Å². The molecule has 0 amide bonds. The van der Waals surface area contributed by atoms with Crippen LogP contribution in [0, 0.1) is 0 Å². The number of methoxy groups -OCH3 is 1. The molecule has 0 aliphatic rings. The van der Waals surface area contributed by atoms with Crippen molar-refractivity contribution in [3.63, 3.8) is 0 Å². The first-order valence-corrected chi connectivity index (χ1v) is 9.02. The van der Waals surface area contributed by atoms with Gasteiger partial charge in [-0.3, -0.25) is 4.99 Å². The summed E-state index contributed by atoms with van der Waals surface area (Å²) in [5.74, 6) is 1.66. The first kappa shape index (κ1) is 20.7. The van der Waals surface area contributed by atoms with Gasteiger partial charge in [-0.2, -0.15) is 0 Å². The minimum absolute atomic E-state index is 0.576. The Kier molecular flexibility index (Phi) is 12.2. The van der Waals surface area contributed by atoms with Gasteiger partial charge in [0.1, 0.15) is 12.4 Å². The highest BCUT2D eigenvalue weighted by atomic mass is 79.9. The Morgan fingerprint density at radius 3 is 2.58 bits per heavy atom. The summed E-state index contributed by atoms with van der Waals surface area (Å²) in [7, 11) is 1.67. The molecule has 0 unspecified atom stereocenters. The van der Waals surface area contributed by atoms with Gasteiger partial charge in [0.25, 0.3) is 0 Å². The molecule has 1 rings (SSSR count). The van der Waals surface area contributed by atoms with E-state index in [1.807, 2.05) is 31.2 Å². The smallest absolute Gasteiger partial charge is 0.191 e. The normalized spacial score (nSPS) is 11.4. The standard InChI is InChI=1S/C17H28BrN3O3/c1-3-19-17(20-9-4-11-23-14-13-22-2)21-10-12-24-16-7-5-15(18)6-8-16/h5-8H,3-4,9-14H2,1-2H3,(H2,19,20,21). The third-order valence-electron chi connectivity index (χ3n) is 2.97. The van der Waals surface area contributed by atoms with E-state index in [1.54, 1.807) is 7.11 Å². The quantitative estimate of drug-likeness (QED) is 0.320. The van der Waals surface area contributed by atoms with Crippen molar-refractivity contribution in [1.29, 1.82) is 0 Å². The molecule has 0 aliphatic carbocycles. The lowest BCUT2D eigenvalue weighted by atomic mass is 10.3. The highest BCUT2D eigenvalue weighted by molar-refractivity contribution is 9.10. The van der Waals surface area contributed by atoms with Crippen LogP contribution < -0.4 is 15.4 Å². The molecule has 2 N–H and O–H groups in total. The second-order valence-corrected chi connectivity index (χ2v) is 5.86. The molecule has 0 saturated heterocycles. The second kappa shape index (κ2) is 14.1. The van der Waals surface area contributed by atoms with Crippen LogP contribution in [-0.4, -0.2) is 59.1 Å². The van der Waals surface area contributed by atoms with Gasteiger partial charge in [-0.1, -0.05) is 15.9 Å². The molecule has 24 heavy (non-hydrogen) atoms. The summed E-state index contributed by atoms with van der Waals surface area (Å²) in [6, 6.07) is 7.80. The number of hydrogen-bond acceptors (Lipinski definition) is 4. The summed E-state index contributed by atoms with van der Waals surface area (Å²) in [5, 5.41) is 6.47. The van der Waals surface area contributed by atoms with Gasteiger partial charge in [-0.15, -0.1) is 0 Å². The van der Waals surface area contributed by atoms with Crippen LogP contribution in [0.15, 0.2) is 33.7 Å². The molecule has 0 saturated carbocycles. The van der Waals surface area contributed by atoms with Gasteiger partial charge < -0.3 is 24.8 Å². The first-order valence-electron chi connectivity index (χ1n) is 8.23. The Morgan fingerprint density at radius 1 is 1.08 bits per heavy atom. The number of nitrogens with zero attached hydrogens (tertiary/aromatic N) is 1. The van der Waals surface area contributed by atoms with E-state index in [-0.39, 0.29) is 0 Å². The fourth-order valence-corrected chi connectivity index (χ4v) is 2.08. The zero-order chi connectivity index (χ0) is 17.5. The van der Waals surface area contributed by atoms with Gasteiger partial charge in [-0.05, 0) is 37.6 Å². The molecule has 6 nitrogen and oxygen atoms in total. The molecule has 0 bridgehead atoms. The van der Waals surface area contributed by atoms with E-state index in [1.165, 1.54) is 0 Å². The molecule has 7 heteroatoms. The van der Waals surface area contributed by atoms with Crippen LogP contribution in [0.4, 0.5) is 0 Å². The third kappa shape index (κ3) is 10.5. The lowest BCUT2D eigenvalue weighted by Gasteiger charge is -2.12. The van der Waals surface area contributed by atoms with E-state index >= 15 is 0 Å². The number of nitrogens with one attached hydrogen (secondary N) is 2. The van der Waals surface area contributed by atoms with E-state index in [2.05, 4.69) is 31.6 Å². The molecule has 0 aliphatic heterocycles. The maximum Gasteiger partial charge on any atom is 0.191 e. The van der Waals surface area contributed by atoms with E-state index < -0.39 is 0 Å². The van der Waals surface area contributed by atoms with Crippen LogP contribution in [0.25, 0.3) is 0 Å². The van der Waals surface area contributed by atoms with Crippen molar-refractivity contribution in [2.45, 2.75) is 13.3 Å². The predicted molar refractivity (Wildman–Crippen MR) is 101 cm³/mol. The topological polar surface area (TPSA) is 64.1 Å². The molecule has 1 aromatic carbocycles. The fourth-order valence-electron chi connectivity index (χ4n) is 1.81. The highest BCUT2D eigenvalue weighted by Gasteiger charge is 1.98. The van der Waals surface area contributed by atoms with Crippen LogP contribution in [0.5, 0.6) is 5.75 Å². The van der Waals surface area contributed by atoms with Crippen molar-refractivity contribution >= 4 is 21.9 Å². The largest absolute Gasteiger partial charge is 0.492 e.